The van der Waals surface area contributed by atoms with Gasteiger partial charge in [-0.15, -0.1) is 0 Å². The first-order chi connectivity index (χ1) is 15.3. The molecule has 0 bridgehead atoms. The highest BCUT2D eigenvalue weighted by Crippen LogP contribution is 2.33. The largest absolute Gasteiger partial charge is 0.464 e. The van der Waals surface area contributed by atoms with E-state index in [1.54, 1.807) is 6.26 Å². The number of nitrogens with zero attached hydrogens (tertiary/aromatic N) is 1. The van der Waals surface area contributed by atoms with Crippen molar-refractivity contribution < 1.29 is 9.21 Å². The van der Waals surface area contributed by atoms with Gasteiger partial charge >= 0.3 is 0 Å². The second-order valence-corrected chi connectivity index (χ2v) is 8.13. The molecule has 0 fully saturated rings. The quantitative estimate of drug-likeness (QED) is 0.395. The fraction of sp³-hybridized carbons (Fsp3) is 0.222. The number of fused-ring (bicyclic) bond motifs is 2. The minimum Gasteiger partial charge on any atom is -0.464 e. The van der Waals surface area contributed by atoms with Gasteiger partial charge in [-0.05, 0) is 41.7 Å². The summed E-state index contributed by atoms with van der Waals surface area (Å²) in [5, 5.41) is 4.58. The summed E-state index contributed by atoms with van der Waals surface area (Å²) in [5.74, 6) is 0. The van der Waals surface area contributed by atoms with Crippen molar-refractivity contribution in [3.05, 3.63) is 95.2 Å². The van der Waals surface area contributed by atoms with E-state index in [-0.39, 0.29) is 0 Å². The number of nitrogens with one attached hydrogen (secondary N) is 1. The Morgan fingerprint density at radius 1 is 1.00 bits per heavy atom. The number of hydrogen-bond acceptors (Lipinski definition) is 4. The van der Waals surface area contributed by atoms with Crippen LogP contribution in [0.2, 0.25) is 0 Å². The number of benzene rings is 3. The molecule has 0 atom stereocenters. The standard InChI is InChI=1S/C27H26N2O2/c30-15-13-23-19-31-26-16-24(11-12-25(23)26)28-17-22-9-4-8-21-10-5-14-29(27(21)22)18-20-6-2-1-3-7-20/h1-4,6-9,11-12,15-16,19,28H,5,10,13-14,17-18H2. The second kappa shape index (κ2) is 8.68. The van der Waals surface area contributed by atoms with Crippen LogP contribution in [0.1, 0.15) is 28.7 Å². The van der Waals surface area contributed by atoms with Gasteiger partial charge in [0.15, 0.2) is 0 Å². The van der Waals surface area contributed by atoms with Crippen molar-refractivity contribution in [2.24, 2.45) is 0 Å². The van der Waals surface area contributed by atoms with Crippen molar-refractivity contribution in [1.29, 1.82) is 0 Å². The predicted molar refractivity (Wildman–Crippen MR) is 126 cm³/mol. The number of anilines is 2. The fourth-order valence-electron chi connectivity index (χ4n) is 4.57. The molecule has 5 rings (SSSR count). The Morgan fingerprint density at radius 2 is 1.90 bits per heavy atom. The predicted octanol–water partition coefficient (Wildman–Crippen LogP) is 5.74. The topological polar surface area (TPSA) is 45.5 Å². The molecular formula is C27H26N2O2. The van der Waals surface area contributed by atoms with Crippen molar-refractivity contribution in [2.45, 2.75) is 32.4 Å². The van der Waals surface area contributed by atoms with E-state index in [2.05, 4.69) is 64.8 Å². The third-order valence-electron chi connectivity index (χ3n) is 6.05. The molecule has 4 nitrogen and oxygen atoms in total. The molecule has 1 aliphatic rings. The lowest BCUT2D eigenvalue weighted by molar-refractivity contribution is -0.107. The lowest BCUT2D eigenvalue weighted by Gasteiger charge is -2.33. The van der Waals surface area contributed by atoms with Gasteiger partial charge in [-0.3, -0.25) is 0 Å². The van der Waals surface area contributed by atoms with E-state index < -0.39 is 0 Å². The molecule has 3 aromatic carbocycles. The van der Waals surface area contributed by atoms with Crippen LogP contribution in [0, 0.1) is 0 Å². The highest BCUT2D eigenvalue weighted by atomic mass is 16.3. The lowest BCUT2D eigenvalue weighted by Crippen LogP contribution is -2.30. The fourth-order valence-corrected chi connectivity index (χ4v) is 4.57. The van der Waals surface area contributed by atoms with Crippen LogP contribution >= 0.6 is 0 Å². The van der Waals surface area contributed by atoms with E-state index in [4.69, 9.17) is 4.42 Å². The van der Waals surface area contributed by atoms with Crippen LogP contribution in [0.4, 0.5) is 11.4 Å². The number of carbonyl (C=O) groups excluding carboxylic acids is 1. The van der Waals surface area contributed by atoms with Crippen molar-refractivity contribution in [2.75, 3.05) is 16.8 Å². The maximum absolute atomic E-state index is 10.8. The Bertz CT molecular complexity index is 1200. The first kappa shape index (κ1) is 19.4. The number of aryl methyl sites for hydroxylation is 1. The summed E-state index contributed by atoms with van der Waals surface area (Å²) in [4.78, 5) is 13.4. The Balaban J connectivity index is 1.38. The molecule has 0 amide bonds. The average Bonchev–Trinajstić information content (AvgIpc) is 3.21. The molecule has 0 unspecified atom stereocenters. The number of furan rings is 1. The van der Waals surface area contributed by atoms with Gasteiger partial charge in [-0.25, -0.2) is 0 Å². The number of para-hydroxylation sites is 1. The van der Waals surface area contributed by atoms with Gasteiger partial charge in [0.2, 0.25) is 0 Å². The van der Waals surface area contributed by atoms with E-state index in [0.29, 0.717) is 6.42 Å². The number of aldehydes is 1. The first-order valence-corrected chi connectivity index (χ1v) is 10.9. The molecule has 1 N–H and O–H groups in total. The highest BCUT2D eigenvalue weighted by Gasteiger charge is 2.20. The van der Waals surface area contributed by atoms with Gasteiger partial charge in [-0.1, -0.05) is 48.5 Å². The highest BCUT2D eigenvalue weighted by molar-refractivity contribution is 5.86. The van der Waals surface area contributed by atoms with Crippen LogP contribution in [0.15, 0.2) is 77.4 Å². The minimum atomic E-state index is 0.382. The van der Waals surface area contributed by atoms with Crippen LogP contribution in [-0.4, -0.2) is 12.8 Å². The van der Waals surface area contributed by atoms with Crippen molar-refractivity contribution in [3.8, 4) is 0 Å². The summed E-state index contributed by atoms with van der Waals surface area (Å²) >= 11 is 0. The zero-order valence-corrected chi connectivity index (χ0v) is 17.5. The summed E-state index contributed by atoms with van der Waals surface area (Å²) in [6.07, 6.45) is 5.29. The SMILES string of the molecule is O=CCc1coc2cc(NCc3cccc4c3N(Cc3ccccc3)CCC4)ccc12. The van der Waals surface area contributed by atoms with Crippen molar-refractivity contribution >= 4 is 28.6 Å². The lowest BCUT2D eigenvalue weighted by atomic mass is 9.97. The summed E-state index contributed by atoms with van der Waals surface area (Å²) in [6, 6.07) is 23.5. The summed E-state index contributed by atoms with van der Waals surface area (Å²) in [6.45, 7) is 2.77. The Hall–Kier alpha value is -3.53. The smallest absolute Gasteiger partial charge is 0.136 e. The summed E-state index contributed by atoms with van der Waals surface area (Å²) in [7, 11) is 0. The summed E-state index contributed by atoms with van der Waals surface area (Å²) < 4.78 is 5.66. The monoisotopic (exact) mass is 410 g/mol. The number of hydrogen-bond donors (Lipinski definition) is 1. The molecule has 4 heteroatoms. The van der Waals surface area contributed by atoms with Crippen molar-refractivity contribution in [1.82, 2.24) is 0 Å². The molecule has 156 valence electrons. The molecule has 1 aromatic heterocycles. The number of carbonyl (C=O) groups is 1. The van der Waals surface area contributed by atoms with Crippen molar-refractivity contribution in [3.63, 3.8) is 0 Å². The van der Waals surface area contributed by atoms with Gasteiger partial charge in [-0.2, -0.15) is 0 Å². The van der Waals surface area contributed by atoms with E-state index in [1.807, 2.05) is 12.1 Å². The molecule has 0 spiro atoms. The molecule has 0 saturated carbocycles. The molecular weight excluding hydrogens is 384 g/mol. The third kappa shape index (κ3) is 4.06. The molecule has 0 radical (unpaired) electrons. The molecule has 0 saturated heterocycles. The normalized spacial score (nSPS) is 13.2. The molecule has 2 heterocycles. The average molecular weight is 411 g/mol. The van der Waals surface area contributed by atoms with Crippen LogP contribution < -0.4 is 10.2 Å². The van der Waals surface area contributed by atoms with Crippen LogP contribution in [0.25, 0.3) is 11.0 Å². The van der Waals surface area contributed by atoms with Crippen LogP contribution in [0.3, 0.4) is 0 Å². The van der Waals surface area contributed by atoms with E-state index in [9.17, 15) is 4.79 Å². The minimum absolute atomic E-state index is 0.382. The van der Waals surface area contributed by atoms with Gasteiger partial charge in [0.1, 0.15) is 11.9 Å². The molecule has 31 heavy (non-hydrogen) atoms. The maximum Gasteiger partial charge on any atom is 0.136 e. The van der Waals surface area contributed by atoms with Gasteiger partial charge in [0.25, 0.3) is 0 Å². The molecule has 4 aromatic rings. The first-order valence-electron chi connectivity index (χ1n) is 10.9. The van der Waals surface area contributed by atoms with E-state index in [1.165, 1.54) is 28.8 Å². The summed E-state index contributed by atoms with van der Waals surface area (Å²) in [5.41, 5.74) is 8.22. The maximum atomic E-state index is 10.8. The zero-order chi connectivity index (χ0) is 21.0. The Kier molecular flexibility index (Phi) is 5.44. The second-order valence-electron chi connectivity index (χ2n) is 8.13. The van der Waals surface area contributed by atoms with Gasteiger partial charge in [0, 0.05) is 54.4 Å². The van der Waals surface area contributed by atoms with E-state index >= 15 is 0 Å². The van der Waals surface area contributed by atoms with Crippen LogP contribution in [0.5, 0.6) is 0 Å². The number of rotatable bonds is 7. The zero-order valence-electron chi connectivity index (χ0n) is 17.5. The van der Waals surface area contributed by atoms with Crippen LogP contribution in [-0.2, 0) is 30.7 Å². The third-order valence-corrected chi connectivity index (χ3v) is 6.05. The molecule has 1 aliphatic heterocycles. The van der Waals surface area contributed by atoms with Gasteiger partial charge in [0.05, 0.1) is 6.26 Å². The Labute approximate surface area is 182 Å². The van der Waals surface area contributed by atoms with Gasteiger partial charge < -0.3 is 19.4 Å². The van der Waals surface area contributed by atoms with E-state index in [0.717, 1.165) is 54.6 Å². The molecule has 0 aliphatic carbocycles. The Morgan fingerprint density at radius 3 is 2.77 bits per heavy atom.